The van der Waals surface area contributed by atoms with E-state index in [1.54, 1.807) is 11.3 Å². The lowest BCUT2D eigenvalue weighted by atomic mass is 9.78. The Bertz CT molecular complexity index is 265. The molecular formula is C9H12ClNS. The second-order valence-electron chi connectivity index (χ2n) is 3.51. The lowest BCUT2D eigenvalue weighted by molar-refractivity contribution is 0.265. The Labute approximate surface area is 81.5 Å². The zero-order valence-corrected chi connectivity index (χ0v) is 8.37. The van der Waals surface area contributed by atoms with Crippen molar-refractivity contribution in [3.05, 3.63) is 21.3 Å². The van der Waals surface area contributed by atoms with E-state index in [4.69, 9.17) is 17.3 Å². The van der Waals surface area contributed by atoms with E-state index < -0.39 is 0 Å². The predicted molar refractivity (Wildman–Crippen MR) is 53.7 cm³/mol. The summed E-state index contributed by atoms with van der Waals surface area (Å²) >= 11 is 7.52. The highest BCUT2D eigenvalue weighted by atomic mass is 35.5. The number of hydrogen-bond donors (Lipinski definition) is 1. The van der Waals surface area contributed by atoms with Crippen LogP contribution < -0.4 is 5.73 Å². The SMILES string of the molecule is NC1CC(Cc2ccc(Cl)s2)C1. The van der Waals surface area contributed by atoms with E-state index in [-0.39, 0.29) is 0 Å². The Hall–Kier alpha value is -0.0500. The van der Waals surface area contributed by atoms with Gasteiger partial charge >= 0.3 is 0 Å². The third-order valence-corrected chi connectivity index (χ3v) is 3.64. The molecule has 66 valence electrons. The van der Waals surface area contributed by atoms with Gasteiger partial charge in [-0.2, -0.15) is 0 Å². The first-order valence-corrected chi connectivity index (χ1v) is 5.43. The van der Waals surface area contributed by atoms with Crippen molar-refractivity contribution in [2.45, 2.75) is 25.3 Å². The molecule has 1 nitrogen and oxygen atoms in total. The molecule has 0 aromatic carbocycles. The van der Waals surface area contributed by atoms with Crippen molar-refractivity contribution in [3.8, 4) is 0 Å². The normalized spacial score (nSPS) is 28.5. The molecule has 1 aromatic heterocycles. The summed E-state index contributed by atoms with van der Waals surface area (Å²) in [6, 6.07) is 4.56. The van der Waals surface area contributed by atoms with Crippen LogP contribution in [0.25, 0.3) is 0 Å². The largest absolute Gasteiger partial charge is 0.328 e. The topological polar surface area (TPSA) is 26.0 Å². The minimum absolute atomic E-state index is 0.463. The highest BCUT2D eigenvalue weighted by Gasteiger charge is 2.25. The fraction of sp³-hybridized carbons (Fsp3) is 0.556. The van der Waals surface area contributed by atoms with Crippen LogP contribution in [0.1, 0.15) is 17.7 Å². The molecular weight excluding hydrogens is 190 g/mol. The zero-order chi connectivity index (χ0) is 8.55. The highest BCUT2D eigenvalue weighted by molar-refractivity contribution is 7.16. The number of hydrogen-bond acceptors (Lipinski definition) is 2. The molecule has 2 rings (SSSR count). The van der Waals surface area contributed by atoms with Gasteiger partial charge in [-0.25, -0.2) is 0 Å². The molecule has 1 saturated carbocycles. The van der Waals surface area contributed by atoms with Crippen LogP contribution in [-0.4, -0.2) is 6.04 Å². The average molecular weight is 202 g/mol. The molecule has 0 unspecified atom stereocenters. The molecule has 0 saturated heterocycles. The van der Waals surface area contributed by atoms with Gasteiger partial charge in [0.25, 0.3) is 0 Å². The predicted octanol–water partition coefficient (Wildman–Crippen LogP) is 2.68. The molecule has 0 bridgehead atoms. The Balaban J connectivity index is 1.88. The van der Waals surface area contributed by atoms with Crippen molar-refractivity contribution in [2.24, 2.45) is 11.7 Å². The summed E-state index contributed by atoms with van der Waals surface area (Å²) in [6.45, 7) is 0. The van der Waals surface area contributed by atoms with Crippen molar-refractivity contribution >= 4 is 22.9 Å². The van der Waals surface area contributed by atoms with E-state index >= 15 is 0 Å². The Kier molecular flexibility index (Phi) is 2.40. The van der Waals surface area contributed by atoms with Gasteiger partial charge in [-0.3, -0.25) is 0 Å². The Morgan fingerprint density at radius 3 is 2.75 bits per heavy atom. The molecule has 12 heavy (non-hydrogen) atoms. The first-order chi connectivity index (χ1) is 5.74. The van der Waals surface area contributed by atoms with Gasteiger partial charge in [-0.05, 0) is 37.3 Å². The van der Waals surface area contributed by atoms with Crippen LogP contribution >= 0.6 is 22.9 Å². The molecule has 1 aromatic rings. The first-order valence-electron chi connectivity index (χ1n) is 4.24. The fourth-order valence-corrected chi connectivity index (χ4v) is 2.90. The molecule has 0 spiro atoms. The lowest BCUT2D eigenvalue weighted by Crippen LogP contribution is -2.37. The van der Waals surface area contributed by atoms with Crippen molar-refractivity contribution < 1.29 is 0 Å². The van der Waals surface area contributed by atoms with Crippen LogP contribution in [0.5, 0.6) is 0 Å². The maximum Gasteiger partial charge on any atom is 0.0931 e. The summed E-state index contributed by atoms with van der Waals surface area (Å²) < 4.78 is 0.897. The van der Waals surface area contributed by atoms with E-state index in [0.717, 1.165) is 10.3 Å². The van der Waals surface area contributed by atoms with Gasteiger partial charge in [0, 0.05) is 10.9 Å². The summed E-state index contributed by atoms with van der Waals surface area (Å²) in [5.41, 5.74) is 5.71. The maximum absolute atomic E-state index is 5.83. The number of nitrogens with two attached hydrogens (primary N) is 1. The third-order valence-electron chi connectivity index (χ3n) is 2.39. The van der Waals surface area contributed by atoms with Crippen LogP contribution in [0.4, 0.5) is 0 Å². The maximum atomic E-state index is 5.83. The second-order valence-corrected chi connectivity index (χ2v) is 5.31. The average Bonchev–Trinajstić information content (AvgIpc) is 2.33. The van der Waals surface area contributed by atoms with E-state index in [1.807, 2.05) is 6.07 Å². The molecule has 2 N–H and O–H groups in total. The van der Waals surface area contributed by atoms with Crippen LogP contribution in [-0.2, 0) is 6.42 Å². The van der Waals surface area contributed by atoms with Gasteiger partial charge in [0.1, 0.15) is 0 Å². The van der Waals surface area contributed by atoms with Gasteiger partial charge in [0.15, 0.2) is 0 Å². The molecule has 1 aliphatic carbocycles. The molecule has 0 aliphatic heterocycles. The second kappa shape index (κ2) is 3.36. The Morgan fingerprint density at radius 1 is 1.50 bits per heavy atom. The van der Waals surface area contributed by atoms with Crippen molar-refractivity contribution in [1.82, 2.24) is 0 Å². The molecule has 1 heterocycles. The zero-order valence-electron chi connectivity index (χ0n) is 6.79. The molecule has 0 atom stereocenters. The summed E-state index contributed by atoms with van der Waals surface area (Å²) in [7, 11) is 0. The van der Waals surface area contributed by atoms with E-state index in [0.29, 0.717) is 6.04 Å². The van der Waals surface area contributed by atoms with Crippen LogP contribution in [0.2, 0.25) is 4.34 Å². The lowest BCUT2D eigenvalue weighted by Gasteiger charge is -2.31. The van der Waals surface area contributed by atoms with Gasteiger partial charge in [-0.15, -0.1) is 11.3 Å². The first kappa shape index (κ1) is 8.54. The van der Waals surface area contributed by atoms with E-state index in [9.17, 15) is 0 Å². The summed E-state index contributed by atoms with van der Waals surface area (Å²) in [5.74, 6) is 0.815. The molecule has 3 heteroatoms. The number of halogens is 1. The fourth-order valence-electron chi connectivity index (χ4n) is 1.70. The van der Waals surface area contributed by atoms with Crippen LogP contribution in [0.3, 0.4) is 0 Å². The molecule has 1 aliphatic rings. The van der Waals surface area contributed by atoms with Crippen LogP contribution in [0.15, 0.2) is 12.1 Å². The molecule has 0 radical (unpaired) electrons. The summed E-state index contributed by atoms with van der Waals surface area (Å²) in [6.07, 6.45) is 3.55. The van der Waals surface area contributed by atoms with Crippen molar-refractivity contribution in [3.63, 3.8) is 0 Å². The van der Waals surface area contributed by atoms with Gasteiger partial charge in [0.05, 0.1) is 4.34 Å². The highest BCUT2D eigenvalue weighted by Crippen LogP contribution is 2.32. The minimum atomic E-state index is 0.463. The summed E-state index contributed by atoms with van der Waals surface area (Å²) in [5, 5.41) is 0. The van der Waals surface area contributed by atoms with E-state index in [2.05, 4.69) is 6.07 Å². The molecule has 1 fully saturated rings. The number of thiophene rings is 1. The monoisotopic (exact) mass is 201 g/mol. The summed E-state index contributed by atoms with van der Waals surface area (Å²) in [4.78, 5) is 1.40. The standard InChI is InChI=1S/C9H12ClNS/c10-9-2-1-8(12-9)5-6-3-7(11)4-6/h1-2,6-7H,3-5,11H2. The van der Waals surface area contributed by atoms with Gasteiger partial charge in [0.2, 0.25) is 0 Å². The van der Waals surface area contributed by atoms with Crippen molar-refractivity contribution in [2.75, 3.05) is 0 Å². The van der Waals surface area contributed by atoms with Crippen molar-refractivity contribution in [1.29, 1.82) is 0 Å². The smallest absolute Gasteiger partial charge is 0.0931 e. The van der Waals surface area contributed by atoms with Gasteiger partial charge in [-0.1, -0.05) is 11.6 Å². The van der Waals surface area contributed by atoms with E-state index in [1.165, 1.54) is 24.1 Å². The third kappa shape index (κ3) is 1.82. The minimum Gasteiger partial charge on any atom is -0.328 e. The van der Waals surface area contributed by atoms with Crippen LogP contribution in [0, 0.1) is 5.92 Å². The quantitative estimate of drug-likeness (QED) is 0.783. The molecule has 0 amide bonds. The Morgan fingerprint density at radius 2 is 2.25 bits per heavy atom. The van der Waals surface area contributed by atoms with Gasteiger partial charge < -0.3 is 5.73 Å². The number of rotatable bonds is 2.